The molecule has 2 amide bonds. The van der Waals surface area contributed by atoms with Crippen LogP contribution in [-0.4, -0.2) is 41.6 Å². The van der Waals surface area contributed by atoms with E-state index in [1.54, 1.807) is 21.9 Å². The Bertz CT molecular complexity index is 528. The van der Waals surface area contributed by atoms with Crippen LogP contribution < -0.4 is 4.90 Å². The molecule has 1 N–H and O–H groups in total. The van der Waals surface area contributed by atoms with E-state index < -0.39 is 5.97 Å². The van der Waals surface area contributed by atoms with Crippen molar-refractivity contribution >= 4 is 17.7 Å². The standard InChI is InChI=1S/C15H20N2O3/c1-3-8-16(4-2)15(20)17-9-7-11-5-6-12(14(18)19)10-13(11)17/h5-6,10H,3-4,7-9H2,1-2H3,(H,18,19). The van der Waals surface area contributed by atoms with Gasteiger partial charge in [0.05, 0.1) is 5.56 Å². The number of carboxylic acid groups (broad SMARTS) is 1. The molecule has 1 aromatic rings. The summed E-state index contributed by atoms with van der Waals surface area (Å²) in [6.45, 7) is 6.00. The molecule has 2 rings (SSSR count). The van der Waals surface area contributed by atoms with Crippen molar-refractivity contribution in [2.24, 2.45) is 0 Å². The highest BCUT2D eigenvalue weighted by molar-refractivity contribution is 5.97. The first-order chi connectivity index (χ1) is 9.58. The maximum absolute atomic E-state index is 12.5. The van der Waals surface area contributed by atoms with E-state index in [1.165, 1.54) is 0 Å². The van der Waals surface area contributed by atoms with E-state index in [4.69, 9.17) is 5.11 Å². The lowest BCUT2D eigenvalue weighted by Crippen LogP contribution is -2.42. The summed E-state index contributed by atoms with van der Waals surface area (Å²) in [5, 5.41) is 9.07. The number of nitrogens with zero attached hydrogens (tertiary/aromatic N) is 2. The maximum Gasteiger partial charge on any atom is 0.335 e. The van der Waals surface area contributed by atoms with Crippen LogP contribution in [0.3, 0.4) is 0 Å². The number of fused-ring (bicyclic) bond motifs is 1. The Morgan fingerprint density at radius 1 is 1.35 bits per heavy atom. The molecule has 1 heterocycles. The largest absolute Gasteiger partial charge is 0.478 e. The molecule has 0 bridgehead atoms. The van der Waals surface area contributed by atoms with E-state index >= 15 is 0 Å². The molecule has 0 spiro atoms. The smallest absolute Gasteiger partial charge is 0.335 e. The molecule has 0 saturated heterocycles. The van der Waals surface area contributed by atoms with Crippen molar-refractivity contribution in [3.8, 4) is 0 Å². The summed E-state index contributed by atoms with van der Waals surface area (Å²) in [5.41, 5.74) is 2.00. The van der Waals surface area contributed by atoms with Gasteiger partial charge in [0.25, 0.3) is 0 Å². The summed E-state index contributed by atoms with van der Waals surface area (Å²) >= 11 is 0. The van der Waals surface area contributed by atoms with Crippen LogP contribution in [0, 0.1) is 0 Å². The number of urea groups is 1. The molecule has 5 heteroatoms. The lowest BCUT2D eigenvalue weighted by Gasteiger charge is -2.27. The number of amides is 2. The molecule has 0 saturated carbocycles. The van der Waals surface area contributed by atoms with Crippen molar-refractivity contribution in [2.75, 3.05) is 24.5 Å². The SMILES string of the molecule is CCCN(CC)C(=O)N1CCc2ccc(C(=O)O)cc21. The van der Waals surface area contributed by atoms with Crippen molar-refractivity contribution in [2.45, 2.75) is 26.7 Å². The van der Waals surface area contributed by atoms with Crippen molar-refractivity contribution in [1.82, 2.24) is 4.90 Å². The number of hydrogen-bond donors (Lipinski definition) is 1. The number of hydrogen-bond acceptors (Lipinski definition) is 2. The van der Waals surface area contributed by atoms with Gasteiger partial charge in [-0.2, -0.15) is 0 Å². The average molecular weight is 276 g/mol. The molecule has 0 radical (unpaired) electrons. The van der Waals surface area contributed by atoms with Gasteiger partial charge in [-0.05, 0) is 37.5 Å². The number of carbonyl (C=O) groups is 2. The Balaban J connectivity index is 2.28. The Kier molecular flexibility index (Phi) is 4.27. The Morgan fingerprint density at radius 3 is 2.70 bits per heavy atom. The van der Waals surface area contributed by atoms with Crippen LogP contribution in [0.5, 0.6) is 0 Å². The van der Waals surface area contributed by atoms with Gasteiger partial charge in [0, 0.05) is 25.3 Å². The van der Waals surface area contributed by atoms with Crippen LogP contribution in [0.1, 0.15) is 36.2 Å². The number of carboxylic acids is 1. The predicted molar refractivity (Wildman–Crippen MR) is 77.4 cm³/mol. The minimum Gasteiger partial charge on any atom is -0.478 e. The normalized spacial score (nSPS) is 13.2. The zero-order valence-electron chi connectivity index (χ0n) is 11.9. The summed E-state index contributed by atoms with van der Waals surface area (Å²) in [7, 11) is 0. The molecule has 108 valence electrons. The molecular weight excluding hydrogens is 256 g/mol. The molecule has 0 unspecified atom stereocenters. The highest BCUT2D eigenvalue weighted by Crippen LogP contribution is 2.30. The number of carbonyl (C=O) groups excluding carboxylic acids is 1. The number of aromatic carboxylic acids is 1. The second-order valence-corrected chi connectivity index (χ2v) is 4.91. The first kappa shape index (κ1) is 14.4. The van der Waals surface area contributed by atoms with Gasteiger partial charge in [-0.25, -0.2) is 9.59 Å². The van der Waals surface area contributed by atoms with Gasteiger partial charge in [0.2, 0.25) is 0 Å². The van der Waals surface area contributed by atoms with Crippen molar-refractivity contribution < 1.29 is 14.7 Å². The first-order valence-electron chi connectivity index (χ1n) is 7.01. The van der Waals surface area contributed by atoms with Crippen molar-refractivity contribution in [1.29, 1.82) is 0 Å². The third-order valence-electron chi connectivity index (χ3n) is 3.60. The predicted octanol–water partition coefficient (Wildman–Crippen LogP) is 2.60. The van der Waals surface area contributed by atoms with Crippen LogP contribution in [0.4, 0.5) is 10.5 Å². The average Bonchev–Trinajstić information content (AvgIpc) is 2.86. The van der Waals surface area contributed by atoms with Gasteiger partial charge < -0.3 is 10.0 Å². The van der Waals surface area contributed by atoms with Crippen LogP contribution in [0.15, 0.2) is 18.2 Å². The van der Waals surface area contributed by atoms with E-state index in [1.807, 2.05) is 19.9 Å². The summed E-state index contributed by atoms with van der Waals surface area (Å²) < 4.78 is 0. The van der Waals surface area contributed by atoms with Gasteiger partial charge in [-0.3, -0.25) is 4.90 Å². The highest BCUT2D eigenvalue weighted by atomic mass is 16.4. The molecule has 0 atom stereocenters. The molecule has 1 aliphatic heterocycles. The molecule has 0 fully saturated rings. The summed E-state index contributed by atoms with van der Waals surface area (Å²) in [6, 6.07) is 4.97. The second kappa shape index (κ2) is 5.94. The van der Waals surface area contributed by atoms with Gasteiger partial charge in [0.15, 0.2) is 0 Å². The Labute approximate surface area is 118 Å². The number of rotatable bonds is 4. The summed E-state index contributed by atoms with van der Waals surface area (Å²) in [6.07, 6.45) is 1.69. The third-order valence-corrected chi connectivity index (χ3v) is 3.60. The van der Waals surface area contributed by atoms with Crippen LogP contribution in [-0.2, 0) is 6.42 Å². The monoisotopic (exact) mass is 276 g/mol. The quantitative estimate of drug-likeness (QED) is 0.919. The van der Waals surface area contributed by atoms with Crippen molar-refractivity contribution in [3.05, 3.63) is 29.3 Å². The fraction of sp³-hybridized carbons (Fsp3) is 0.467. The van der Waals surface area contributed by atoms with E-state index in [0.717, 1.165) is 30.6 Å². The number of anilines is 1. The molecule has 5 nitrogen and oxygen atoms in total. The summed E-state index contributed by atoms with van der Waals surface area (Å²) in [5.74, 6) is -0.965. The van der Waals surface area contributed by atoms with E-state index in [-0.39, 0.29) is 11.6 Å². The van der Waals surface area contributed by atoms with E-state index in [2.05, 4.69) is 0 Å². The number of benzene rings is 1. The highest BCUT2D eigenvalue weighted by Gasteiger charge is 2.28. The van der Waals surface area contributed by atoms with Crippen LogP contribution in [0.2, 0.25) is 0 Å². The zero-order valence-corrected chi connectivity index (χ0v) is 11.9. The van der Waals surface area contributed by atoms with Crippen molar-refractivity contribution in [3.63, 3.8) is 0 Å². The molecule has 1 aliphatic rings. The van der Waals surface area contributed by atoms with E-state index in [0.29, 0.717) is 13.1 Å². The second-order valence-electron chi connectivity index (χ2n) is 4.91. The Hall–Kier alpha value is -2.04. The van der Waals surface area contributed by atoms with Crippen LogP contribution in [0.25, 0.3) is 0 Å². The maximum atomic E-state index is 12.5. The minimum atomic E-state index is -0.965. The fourth-order valence-corrected chi connectivity index (χ4v) is 2.54. The lowest BCUT2D eigenvalue weighted by molar-refractivity contribution is 0.0697. The molecule has 0 aromatic heterocycles. The van der Waals surface area contributed by atoms with Gasteiger partial charge in [-0.15, -0.1) is 0 Å². The molecule has 0 aliphatic carbocycles. The fourth-order valence-electron chi connectivity index (χ4n) is 2.54. The van der Waals surface area contributed by atoms with E-state index in [9.17, 15) is 9.59 Å². The third kappa shape index (κ3) is 2.61. The Morgan fingerprint density at radius 2 is 2.10 bits per heavy atom. The van der Waals surface area contributed by atoms with Gasteiger partial charge >= 0.3 is 12.0 Å². The molecular formula is C15H20N2O3. The first-order valence-corrected chi connectivity index (χ1v) is 7.01. The summed E-state index contributed by atoms with van der Waals surface area (Å²) in [4.78, 5) is 27.1. The van der Waals surface area contributed by atoms with Crippen LogP contribution >= 0.6 is 0 Å². The van der Waals surface area contributed by atoms with Gasteiger partial charge in [-0.1, -0.05) is 13.0 Å². The topological polar surface area (TPSA) is 60.9 Å². The van der Waals surface area contributed by atoms with Gasteiger partial charge in [0.1, 0.15) is 0 Å². The molecule has 20 heavy (non-hydrogen) atoms. The minimum absolute atomic E-state index is 0.0318. The zero-order chi connectivity index (χ0) is 14.7. The lowest BCUT2D eigenvalue weighted by atomic mass is 10.1. The molecule has 1 aromatic carbocycles.